The summed E-state index contributed by atoms with van der Waals surface area (Å²) in [4.78, 5) is 23.4. The summed E-state index contributed by atoms with van der Waals surface area (Å²) in [7, 11) is 0. The molecule has 3 nitrogen and oxygen atoms in total. The Morgan fingerprint density at radius 2 is 2.29 bits per heavy atom. The second-order valence-corrected chi connectivity index (χ2v) is 2.95. The lowest BCUT2D eigenvalue weighted by atomic mass is 10.1. The van der Waals surface area contributed by atoms with Crippen LogP contribution in [0.1, 0.15) is 5.56 Å². The van der Waals surface area contributed by atoms with Crippen molar-refractivity contribution < 1.29 is 14.0 Å². The Morgan fingerprint density at radius 1 is 1.57 bits per heavy atom. The van der Waals surface area contributed by atoms with Crippen LogP contribution in [0.25, 0.3) is 0 Å². The van der Waals surface area contributed by atoms with Crippen molar-refractivity contribution in [2.45, 2.75) is 6.42 Å². The second-order valence-electron chi connectivity index (χ2n) is 2.51. The van der Waals surface area contributed by atoms with Crippen LogP contribution in [0.4, 0.5) is 4.39 Å². The molecule has 0 aliphatic carbocycles. The molecule has 0 fully saturated rings. The number of nitrogens with zero attached hydrogens (tertiary/aromatic N) is 1. The first-order valence-corrected chi connectivity index (χ1v) is 4.06. The van der Waals surface area contributed by atoms with Crippen molar-refractivity contribution in [1.82, 2.24) is 0 Å². The third-order valence-electron chi connectivity index (χ3n) is 1.52. The van der Waals surface area contributed by atoms with E-state index in [-0.39, 0.29) is 12.0 Å². The molecule has 0 aromatic heterocycles. The maximum absolute atomic E-state index is 13.0. The number of amides is 1. The van der Waals surface area contributed by atoms with E-state index in [4.69, 9.17) is 11.6 Å². The first kappa shape index (κ1) is 10.6. The minimum absolute atomic E-state index is 0.113. The van der Waals surface area contributed by atoms with Gasteiger partial charge in [-0.3, -0.25) is 4.79 Å². The Hall–Kier alpha value is -1.51. The SMILES string of the molecule is O=C=NC(=O)Cc1cc(Cl)ccc1F. The van der Waals surface area contributed by atoms with Crippen molar-refractivity contribution in [3.63, 3.8) is 0 Å². The Bertz CT molecular complexity index is 413. The van der Waals surface area contributed by atoms with E-state index in [9.17, 15) is 14.0 Å². The normalized spacial score (nSPS) is 9.29. The molecule has 5 heteroatoms. The van der Waals surface area contributed by atoms with Crippen LogP contribution in [-0.2, 0) is 16.0 Å². The van der Waals surface area contributed by atoms with Gasteiger partial charge in [-0.15, -0.1) is 4.99 Å². The van der Waals surface area contributed by atoms with Gasteiger partial charge in [-0.1, -0.05) is 11.6 Å². The number of aliphatic imine (C=N–C) groups is 1. The predicted octanol–water partition coefficient (Wildman–Crippen LogP) is 1.88. The van der Waals surface area contributed by atoms with E-state index in [0.29, 0.717) is 5.02 Å². The molecule has 1 aromatic carbocycles. The molecule has 1 rings (SSSR count). The van der Waals surface area contributed by atoms with E-state index in [1.165, 1.54) is 12.1 Å². The highest BCUT2D eigenvalue weighted by molar-refractivity contribution is 6.30. The molecular formula is C9H5ClFNO2. The van der Waals surface area contributed by atoms with Gasteiger partial charge in [-0.25, -0.2) is 9.18 Å². The third kappa shape index (κ3) is 2.76. The first-order chi connectivity index (χ1) is 6.63. The maximum atomic E-state index is 13.0. The number of carbonyl (C=O) groups is 1. The number of carbonyl (C=O) groups excluding carboxylic acids is 2. The monoisotopic (exact) mass is 213 g/mol. The lowest BCUT2D eigenvalue weighted by Crippen LogP contribution is -2.00. The summed E-state index contributed by atoms with van der Waals surface area (Å²) in [5.41, 5.74) is 0.113. The van der Waals surface area contributed by atoms with Crippen molar-refractivity contribution in [1.29, 1.82) is 0 Å². The van der Waals surface area contributed by atoms with Gasteiger partial charge < -0.3 is 0 Å². The zero-order chi connectivity index (χ0) is 10.6. The molecule has 0 bridgehead atoms. The van der Waals surface area contributed by atoms with Crippen molar-refractivity contribution in [2.75, 3.05) is 0 Å². The summed E-state index contributed by atoms with van der Waals surface area (Å²) in [5, 5.41) is 0.323. The van der Waals surface area contributed by atoms with Crippen LogP contribution >= 0.6 is 11.6 Å². The number of hydrogen-bond donors (Lipinski definition) is 0. The summed E-state index contributed by atoms with van der Waals surface area (Å²) in [6, 6.07) is 3.83. The number of benzene rings is 1. The van der Waals surface area contributed by atoms with Gasteiger partial charge in [0, 0.05) is 5.02 Å². The average molecular weight is 214 g/mol. The van der Waals surface area contributed by atoms with Crippen LogP contribution in [0.15, 0.2) is 23.2 Å². The highest BCUT2D eigenvalue weighted by Crippen LogP contribution is 2.15. The van der Waals surface area contributed by atoms with Gasteiger partial charge in [-0.05, 0) is 23.8 Å². The van der Waals surface area contributed by atoms with Gasteiger partial charge in [0.05, 0.1) is 6.42 Å². The number of halogens is 2. The van der Waals surface area contributed by atoms with Crippen molar-refractivity contribution in [3.05, 3.63) is 34.6 Å². The quantitative estimate of drug-likeness (QED) is 0.556. The number of hydrogen-bond acceptors (Lipinski definition) is 2. The van der Waals surface area contributed by atoms with Crippen LogP contribution in [-0.4, -0.2) is 12.0 Å². The van der Waals surface area contributed by atoms with Crippen LogP contribution in [0.2, 0.25) is 5.02 Å². The Labute approximate surface area is 84.2 Å². The summed E-state index contributed by atoms with van der Waals surface area (Å²) in [5.74, 6) is -1.30. The average Bonchev–Trinajstić information content (AvgIpc) is 2.12. The fourth-order valence-corrected chi connectivity index (χ4v) is 1.13. The van der Waals surface area contributed by atoms with Gasteiger partial charge in [0.1, 0.15) is 5.82 Å². The van der Waals surface area contributed by atoms with E-state index >= 15 is 0 Å². The van der Waals surface area contributed by atoms with Crippen molar-refractivity contribution >= 4 is 23.6 Å². The van der Waals surface area contributed by atoms with Gasteiger partial charge in [-0.2, -0.15) is 0 Å². The minimum atomic E-state index is -0.749. The van der Waals surface area contributed by atoms with Crippen LogP contribution < -0.4 is 0 Å². The lowest BCUT2D eigenvalue weighted by Gasteiger charge is -1.99. The molecule has 0 aliphatic heterocycles. The smallest absolute Gasteiger partial charge is 0.260 e. The third-order valence-corrected chi connectivity index (χ3v) is 1.75. The zero-order valence-corrected chi connectivity index (χ0v) is 7.71. The Morgan fingerprint density at radius 3 is 2.93 bits per heavy atom. The van der Waals surface area contributed by atoms with E-state index < -0.39 is 11.7 Å². The summed E-state index contributed by atoms with van der Waals surface area (Å²) in [6.45, 7) is 0. The molecular weight excluding hydrogens is 209 g/mol. The molecule has 0 saturated heterocycles. The van der Waals surface area contributed by atoms with Crippen LogP contribution in [0, 0.1) is 5.82 Å². The lowest BCUT2D eigenvalue weighted by molar-refractivity contribution is -0.117. The molecule has 0 heterocycles. The van der Waals surface area contributed by atoms with Crippen molar-refractivity contribution in [3.8, 4) is 0 Å². The standard InChI is InChI=1S/C9H5ClFNO2/c10-7-1-2-8(11)6(3-7)4-9(14)12-5-13/h1-3H,4H2. The summed E-state index contributed by atoms with van der Waals surface area (Å²) >= 11 is 5.59. The fourth-order valence-electron chi connectivity index (χ4n) is 0.932. The predicted molar refractivity (Wildman–Crippen MR) is 48.2 cm³/mol. The van der Waals surface area contributed by atoms with Crippen molar-refractivity contribution in [2.24, 2.45) is 4.99 Å². The zero-order valence-electron chi connectivity index (χ0n) is 6.96. The fraction of sp³-hybridized carbons (Fsp3) is 0.111. The number of isocyanates is 1. The van der Waals surface area contributed by atoms with E-state index in [0.717, 1.165) is 12.1 Å². The Balaban J connectivity index is 2.90. The van der Waals surface area contributed by atoms with Gasteiger partial charge in [0.2, 0.25) is 6.08 Å². The molecule has 72 valence electrons. The minimum Gasteiger partial charge on any atom is -0.271 e. The Kier molecular flexibility index (Phi) is 3.51. The molecule has 1 aromatic rings. The van der Waals surface area contributed by atoms with Gasteiger partial charge in [0.25, 0.3) is 5.91 Å². The van der Waals surface area contributed by atoms with E-state index in [1.807, 2.05) is 0 Å². The van der Waals surface area contributed by atoms with Crippen LogP contribution in [0.3, 0.4) is 0 Å². The molecule has 0 unspecified atom stereocenters. The maximum Gasteiger partial charge on any atom is 0.260 e. The summed E-state index contributed by atoms with van der Waals surface area (Å²) in [6.07, 6.45) is 0.802. The highest BCUT2D eigenvalue weighted by Gasteiger charge is 2.07. The summed E-state index contributed by atoms with van der Waals surface area (Å²) < 4.78 is 13.0. The molecule has 0 aliphatic rings. The van der Waals surface area contributed by atoms with Crippen LogP contribution in [0.5, 0.6) is 0 Å². The molecule has 0 radical (unpaired) electrons. The van der Waals surface area contributed by atoms with E-state index in [1.54, 1.807) is 0 Å². The first-order valence-electron chi connectivity index (χ1n) is 3.68. The van der Waals surface area contributed by atoms with E-state index in [2.05, 4.69) is 4.99 Å². The molecule has 1 amide bonds. The van der Waals surface area contributed by atoms with Gasteiger partial charge in [0.15, 0.2) is 0 Å². The number of rotatable bonds is 2. The second kappa shape index (κ2) is 4.65. The molecule has 0 atom stereocenters. The van der Waals surface area contributed by atoms with Gasteiger partial charge >= 0.3 is 0 Å². The molecule has 0 saturated carbocycles. The largest absolute Gasteiger partial charge is 0.271 e. The topological polar surface area (TPSA) is 46.5 Å². The molecule has 0 N–H and O–H groups in total. The molecule has 0 spiro atoms. The highest BCUT2D eigenvalue weighted by atomic mass is 35.5. The molecule has 14 heavy (non-hydrogen) atoms.